The Bertz CT molecular complexity index is 3800. The van der Waals surface area contributed by atoms with Crippen LogP contribution in [0.25, 0.3) is 55.6 Å². The fourth-order valence-electron chi connectivity index (χ4n) is 16.5. The van der Waals surface area contributed by atoms with Crippen LogP contribution in [0, 0.1) is 0 Å². The number of rotatable bonds is 6. The van der Waals surface area contributed by atoms with Crippen LogP contribution in [0.5, 0.6) is 0 Å². The SMILES string of the molecule is CC1(C)c2ccccc2-c2ccc(N(c3ccc4c(c3)C(C)(C)c3ccccc3-4)c3ccc4c(c3)C3(CCCC3)c3cc(N(c5ccc6c(c5)C(C)(C)c5ccccc5-6)c5ccc6c(c5)C(C)(C)c5ccccc5-6)ccc3-4)cc21. The summed E-state index contributed by atoms with van der Waals surface area (Å²) in [5.74, 6) is 0. The number of anilines is 6. The number of hydrogen-bond acceptors (Lipinski definition) is 2. The molecular weight excluding hydrogens is 953 g/mol. The van der Waals surface area contributed by atoms with Gasteiger partial charge in [-0.15, -0.1) is 0 Å². The molecule has 0 heterocycles. The zero-order valence-corrected chi connectivity index (χ0v) is 46.9. The van der Waals surface area contributed by atoms with Crippen LogP contribution in [-0.4, -0.2) is 0 Å². The zero-order chi connectivity index (χ0) is 53.5. The summed E-state index contributed by atoms with van der Waals surface area (Å²) in [6.07, 6.45) is 4.69. The first-order valence-corrected chi connectivity index (χ1v) is 29.0. The molecule has 6 aliphatic carbocycles. The van der Waals surface area contributed by atoms with Crippen molar-refractivity contribution in [2.75, 3.05) is 9.80 Å². The lowest BCUT2D eigenvalue weighted by molar-refractivity contribution is 0.550. The minimum atomic E-state index is -0.129. The normalized spacial score (nSPS) is 17.4. The highest BCUT2D eigenvalue weighted by molar-refractivity contribution is 5.94. The van der Waals surface area contributed by atoms with Gasteiger partial charge in [0.1, 0.15) is 0 Å². The quantitative estimate of drug-likeness (QED) is 0.164. The third-order valence-electron chi connectivity index (χ3n) is 20.6. The molecule has 0 atom stereocenters. The van der Waals surface area contributed by atoms with Gasteiger partial charge in [0.25, 0.3) is 0 Å². The van der Waals surface area contributed by atoms with E-state index in [4.69, 9.17) is 0 Å². The Labute approximate surface area is 467 Å². The van der Waals surface area contributed by atoms with Crippen LogP contribution >= 0.6 is 0 Å². The van der Waals surface area contributed by atoms with Crippen molar-refractivity contribution in [1.29, 1.82) is 0 Å². The molecule has 79 heavy (non-hydrogen) atoms. The van der Waals surface area contributed by atoms with E-state index in [2.05, 4.69) is 271 Å². The fraction of sp³-hybridized carbons (Fsp3) is 0.221. The van der Waals surface area contributed by atoms with Crippen molar-refractivity contribution >= 4 is 34.1 Å². The standard InChI is InChI=1S/C77H66N2/c1-73(2)63-23-13-9-19-53(63)57-33-27-47(41-67(57)73)78(48-28-34-58-54-20-10-14-24-64(54)74(3,4)68(58)42-48)51-31-37-61-62-38-32-52(46-72(62)77(71(61)45-51)39-17-18-40-77)79(49-29-35-59-55-21-11-15-25-65(55)75(5,6)69(59)43-49)50-30-36-60-56-22-12-16-26-66(56)76(7,8)70(60)44-50/h9-16,19-38,41-46H,17-18,39-40H2,1-8H3. The maximum absolute atomic E-state index is 2.61. The van der Waals surface area contributed by atoms with Gasteiger partial charge in [-0.2, -0.15) is 0 Å². The molecule has 2 nitrogen and oxygen atoms in total. The van der Waals surface area contributed by atoms with E-state index >= 15 is 0 Å². The minimum Gasteiger partial charge on any atom is -0.310 e. The van der Waals surface area contributed by atoms with E-state index in [1.54, 1.807) is 0 Å². The molecule has 0 saturated heterocycles. The molecule has 0 radical (unpaired) electrons. The maximum atomic E-state index is 2.61. The van der Waals surface area contributed by atoms with Gasteiger partial charge in [0.15, 0.2) is 0 Å². The molecule has 1 saturated carbocycles. The van der Waals surface area contributed by atoms with E-state index in [-0.39, 0.29) is 27.1 Å². The van der Waals surface area contributed by atoms with Crippen molar-refractivity contribution < 1.29 is 0 Å². The first-order valence-electron chi connectivity index (χ1n) is 29.0. The minimum absolute atomic E-state index is 0.111. The summed E-state index contributed by atoms with van der Waals surface area (Å²) in [6, 6.07) is 80.3. The molecule has 0 amide bonds. The van der Waals surface area contributed by atoms with E-state index in [9.17, 15) is 0 Å². The van der Waals surface area contributed by atoms with E-state index in [0.717, 1.165) is 12.8 Å². The van der Waals surface area contributed by atoms with Crippen LogP contribution in [0.15, 0.2) is 206 Å². The van der Waals surface area contributed by atoms with Crippen LogP contribution in [0.4, 0.5) is 34.1 Å². The van der Waals surface area contributed by atoms with Gasteiger partial charge < -0.3 is 9.80 Å². The van der Waals surface area contributed by atoms with Crippen molar-refractivity contribution in [2.24, 2.45) is 0 Å². The van der Waals surface area contributed by atoms with Crippen LogP contribution in [0.3, 0.4) is 0 Å². The van der Waals surface area contributed by atoms with Gasteiger partial charge in [0.2, 0.25) is 0 Å². The second kappa shape index (κ2) is 16.0. The molecule has 1 spiro atoms. The largest absolute Gasteiger partial charge is 0.310 e. The molecule has 10 aromatic rings. The lowest BCUT2D eigenvalue weighted by Crippen LogP contribution is -2.22. The third-order valence-corrected chi connectivity index (χ3v) is 20.6. The Morgan fingerprint density at radius 3 is 0.684 bits per heavy atom. The van der Waals surface area contributed by atoms with Crippen molar-refractivity contribution in [1.82, 2.24) is 0 Å². The topological polar surface area (TPSA) is 6.48 Å². The van der Waals surface area contributed by atoms with Crippen molar-refractivity contribution in [3.8, 4) is 55.6 Å². The lowest BCUT2D eigenvalue weighted by Gasteiger charge is -2.32. The second-order valence-corrected chi connectivity index (χ2v) is 26.0. The summed E-state index contributed by atoms with van der Waals surface area (Å²) in [6.45, 7) is 19.2. The van der Waals surface area contributed by atoms with E-state index in [1.807, 2.05) is 0 Å². The van der Waals surface area contributed by atoms with Crippen LogP contribution in [-0.2, 0) is 27.1 Å². The third kappa shape index (κ3) is 6.24. The van der Waals surface area contributed by atoms with Crippen LogP contribution in [0.2, 0.25) is 0 Å². The molecule has 2 heteroatoms. The number of fused-ring (bicyclic) bond motifs is 17. The highest BCUT2D eigenvalue weighted by atomic mass is 15.1. The predicted molar refractivity (Wildman–Crippen MR) is 331 cm³/mol. The summed E-state index contributed by atoms with van der Waals surface area (Å²) in [5, 5.41) is 0. The van der Waals surface area contributed by atoms with Crippen LogP contribution < -0.4 is 9.80 Å². The van der Waals surface area contributed by atoms with Gasteiger partial charge in [0.05, 0.1) is 0 Å². The van der Waals surface area contributed by atoms with E-state index in [1.165, 1.54) is 158 Å². The average Bonchev–Trinajstić information content (AvgIpc) is 4.47. The summed E-state index contributed by atoms with van der Waals surface area (Å²) in [7, 11) is 0. The van der Waals surface area contributed by atoms with Gasteiger partial charge >= 0.3 is 0 Å². The zero-order valence-electron chi connectivity index (χ0n) is 46.9. The summed E-state index contributed by atoms with van der Waals surface area (Å²) in [5.41, 5.74) is 34.2. The Morgan fingerprint density at radius 1 is 0.228 bits per heavy atom. The van der Waals surface area contributed by atoms with Crippen LogP contribution in [0.1, 0.15) is 137 Å². The number of nitrogens with zero attached hydrogens (tertiary/aromatic N) is 2. The highest BCUT2D eigenvalue weighted by Gasteiger charge is 2.47. The molecule has 6 aliphatic rings. The molecule has 0 unspecified atom stereocenters. The molecule has 1 fully saturated rings. The monoisotopic (exact) mass is 1020 g/mol. The molecule has 0 aliphatic heterocycles. The Balaban J connectivity index is 0.859. The summed E-state index contributed by atoms with van der Waals surface area (Å²) in [4.78, 5) is 5.16. The molecule has 10 aromatic carbocycles. The molecule has 0 aromatic heterocycles. The Hall–Kier alpha value is -8.20. The maximum Gasteiger partial charge on any atom is 0.0465 e. The van der Waals surface area contributed by atoms with Gasteiger partial charge in [-0.1, -0.05) is 202 Å². The summed E-state index contributed by atoms with van der Waals surface area (Å²) >= 11 is 0. The van der Waals surface area contributed by atoms with Gasteiger partial charge in [-0.3, -0.25) is 0 Å². The predicted octanol–water partition coefficient (Wildman–Crippen LogP) is 20.7. The fourth-order valence-corrected chi connectivity index (χ4v) is 16.5. The van der Waals surface area contributed by atoms with E-state index in [0.29, 0.717) is 0 Å². The van der Waals surface area contributed by atoms with Gasteiger partial charge in [-0.25, -0.2) is 0 Å². The van der Waals surface area contributed by atoms with Gasteiger partial charge in [-0.05, 0) is 197 Å². The van der Waals surface area contributed by atoms with Crippen molar-refractivity contribution in [2.45, 2.75) is 108 Å². The molecule has 16 rings (SSSR count). The molecule has 384 valence electrons. The lowest BCUT2D eigenvalue weighted by atomic mass is 9.76. The Morgan fingerprint density at radius 2 is 0.430 bits per heavy atom. The Kier molecular flexibility index (Phi) is 9.48. The second-order valence-electron chi connectivity index (χ2n) is 26.0. The highest BCUT2D eigenvalue weighted by Crippen LogP contribution is 2.61. The molecule has 0 N–H and O–H groups in total. The number of benzene rings is 10. The first kappa shape index (κ1) is 46.9. The van der Waals surface area contributed by atoms with Crippen molar-refractivity contribution in [3.05, 3.63) is 262 Å². The summed E-state index contributed by atoms with van der Waals surface area (Å²) < 4.78 is 0. The van der Waals surface area contributed by atoms with E-state index < -0.39 is 0 Å². The molecule has 0 bridgehead atoms. The van der Waals surface area contributed by atoms with Gasteiger partial charge in [0, 0.05) is 61.2 Å². The number of hydrogen-bond donors (Lipinski definition) is 0. The smallest absolute Gasteiger partial charge is 0.0465 e. The average molecular weight is 1020 g/mol. The van der Waals surface area contributed by atoms with Crippen molar-refractivity contribution in [3.63, 3.8) is 0 Å². The molecular formula is C77H66N2. The first-order chi connectivity index (χ1) is 38.2.